The molecular formula is C14H13BrFNS. The summed E-state index contributed by atoms with van der Waals surface area (Å²) < 4.78 is 14.8. The fourth-order valence-corrected chi connectivity index (χ4v) is 3.29. The summed E-state index contributed by atoms with van der Waals surface area (Å²) in [5, 5.41) is -0.0788. The summed E-state index contributed by atoms with van der Waals surface area (Å²) in [7, 11) is 0. The van der Waals surface area contributed by atoms with E-state index in [1.54, 1.807) is 23.9 Å². The second-order valence-electron chi connectivity index (χ2n) is 3.79. The highest BCUT2D eigenvalue weighted by Gasteiger charge is 2.16. The van der Waals surface area contributed by atoms with Crippen molar-refractivity contribution in [2.45, 2.75) is 10.1 Å². The number of halogens is 2. The molecule has 1 atom stereocenters. The molecule has 2 aromatic carbocycles. The van der Waals surface area contributed by atoms with Gasteiger partial charge in [-0.3, -0.25) is 0 Å². The molecule has 0 aromatic heterocycles. The van der Waals surface area contributed by atoms with Crippen LogP contribution in [-0.2, 0) is 0 Å². The zero-order valence-corrected chi connectivity index (χ0v) is 12.0. The second-order valence-corrected chi connectivity index (χ2v) is 5.89. The van der Waals surface area contributed by atoms with Crippen LogP contribution in [0.15, 0.2) is 57.9 Å². The Hall–Kier alpha value is -0.840. The van der Waals surface area contributed by atoms with Crippen LogP contribution in [0.25, 0.3) is 0 Å². The fourth-order valence-electron chi connectivity index (χ4n) is 1.67. The minimum atomic E-state index is -0.201. The Morgan fingerprint density at radius 1 is 1.11 bits per heavy atom. The molecule has 0 saturated carbocycles. The summed E-state index contributed by atoms with van der Waals surface area (Å²) >= 11 is 5.06. The zero-order valence-electron chi connectivity index (χ0n) is 9.64. The van der Waals surface area contributed by atoms with E-state index in [4.69, 9.17) is 5.73 Å². The van der Waals surface area contributed by atoms with E-state index in [9.17, 15) is 4.39 Å². The molecule has 0 aliphatic rings. The quantitative estimate of drug-likeness (QED) is 0.844. The van der Waals surface area contributed by atoms with Gasteiger partial charge >= 0.3 is 0 Å². The van der Waals surface area contributed by atoms with Gasteiger partial charge in [-0.2, -0.15) is 0 Å². The molecule has 0 amide bonds. The van der Waals surface area contributed by atoms with Crippen LogP contribution in [0.5, 0.6) is 0 Å². The van der Waals surface area contributed by atoms with Crippen LogP contribution >= 0.6 is 27.7 Å². The molecule has 0 bridgehead atoms. The summed E-state index contributed by atoms with van der Waals surface area (Å²) in [6.07, 6.45) is 0. The molecular weight excluding hydrogens is 313 g/mol. The van der Waals surface area contributed by atoms with Crippen LogP contribution in [0, 0.1) is 5.82 Å². The summed E-state index contributed by atoms with van der Waals surface area (Å²) in [4.78, 5) is 1.07. The molecule has 18 heavy (non-hydrogen) atoms. The first-order valence-corrected chi connectivity index (χ1v) is 7.25. The molecule has 0 aliphatic heterocycles. The van der Waals surface area contributed by atoms with Crippen molar-refractivity contribution >= 4 is 27.7 Å². The lowest BCUT2D eigenvalue weighted by Crippen LogP contribution is -2.10. The third-order valence-corrected chi connectivity index (χ3v) is 4.87. The first-order chi connectivity index (χ1) is 8.72. The van der Waals surface area contributed by atoms with Gasteiger partial charge in [-0.1, -0.05) is 30.3 Å². The van der Waals surface area contributed by atoms with Crippen molar-refractivity contribution in [3.63, 3.8) is 0 Å². The van der Waals surface area contributed by atoms with Gasteiger partial charge in [0, 0.05) is 26.7 Å². The minimum Gasteiger partial charge on any atom is -0.329 e. The van der Waals surface area contributed by atoms with E-state index in [1.807, 2.05) is 30.3 Å². The van der Waals surface area contributed by atoms with Gasteiger partial charge in [-0.15, -0.1) is 11.8 Å². The minimum absolute atomic E-state index is 0.0788. The van der Waals surface area contributed by atoms with Crippen LogP contribution in [-0.4, -0.2) is 6.54 Å². The summed E-state index contributed by atoms with van der Waals surface area (Å²) in [5.41, 5.74) is 6.42. The van der Waals surface area contributed by atoms with E-state index in [0.717, 1.165) is 9.37 Å². The van der Waals surface area contributed by atoms with Crippen LogP contribution in [0.4, 0.5) is 4.39 Å². The standard InChI is InChI=1S/C14H13BrFNS/c15-11-6-2-4-8-13(11)18-14(9-17)10-5-1-3-7-12(10)16/h1-8,14H,9,17H2. The molecule has 94 valence electrons. The molecule has 0 fully saturated rings. The highest BCUT2D eigenvalue weighted by atomic mass is 79.9. The predicted octanol–water partition coefficient (Wildman–Crippen LogP) is 4.38. The maximum Gasteiger partial charge on any atom is 0.127 e. The summed E-state index contributed by atoms with van der Waals surface area (Å²) in [6.45, 7) is 0.396. The number of benzene rings is 2. The Morgan fingerprint density at radius 2 is 1.78 bits per heavy atom. The SMILES string of the molecule is NCC(Sc1ccccc1Br)c1ccccc1F. The molecule has 4 heteroatoms. The largest absolute Gasteiger partial charge is 0.329 e. The smallest absolute Gasteiger partial charge is 0.127 e. The van der Waals surface area contributed by atoms with E-state index in [0.29, 0.717) is 12.1 Å². The first-order valence-electron chi connectivity index (χ1n) is 5.58. The molecule has 0 aliphatic carbocycles. The Kier molecular flexibility index (Phi) is 4.80. The van der Waals surface area contributed by atoms with Crippen molar-refractivity contribution in [1.82, 2.24) is 0 Å². The Labute approximate surface area is 119 Å². The Morgan fingerprint density at radius 3 is 2.44 bits per heavy atom. The third-order valence-electron chi connectivity index (χ3n) is 2.57. The summed E-state index contributed by atoms with van der Waals surface area (Å²) in [5.74, 6) is -0.201. The van der Waals surface area contributed by atoms with Crippen molar-refractivity contribution in [1.29, 1.82) is 0 Å². The molecule has 1 unspecified atom stereocenters. The average molecular weight is 326 g/mol. The van der Waals surface area contributed by atoms with E-state index in [2.05, 4.69) is 15.9 Å². The molecule has 0 saturated heterocycles. The van der Waals surface area contributed by atoms with Crippen molar-refractivity contribution in [3.05, 3.63) is 64.4 Å². The van der Waals surface area contributed by atoms with Crippen molar-refractivity contribution in [2.75, 3.05) is 6.54 Å². The molecule has 0 radical (unpaired) electrons. The van der Waals surface area contributed by atoms with Crippen LogP contribution in [0.1, 0.15) is 10.8 Å². The van der Waals surface area contributed by atoms with E-state index in [-0.39, 0.29) is 11.1 Å². The second kappa shape index (κ2) is 6.36. The molecule has 2 rings (SSSR count). The number of thioether (sulfide) groups is 1. The highest BCUT2D eigenvalue weighted by molar-refractivity contribution is 9.10. The Balaban J connectivity index is 2.26. The Bertz CT molecular complexity index is 533. The fraction of sp³-hybridized carbons (Fsp3) is 0.143. The summed E-state index contributed by atoms with van der Waals surface area (Å²) in [6, 6.07) is 14.7. The maximum absolute atomic E-state index is 13.7. The number of nitrogens with two attached hydrogens (primary N) is 1. The van der Waals surface area contributed by atoms with Gasteiger partial charge in [0.1, 0.15) is 5.82 Å². The van der Waals surface area contributed by atoms with E-state index >= 15 is 0 Å². The predicted molar refractivity (Wildman–Crippen MR) is 78.2 cm³/mol. The van der Waals surface area contributed by atoms with Crippen LogP contribution in [0.2, 0.25) is 0 Å². The molecule has 0 spiro atoms. The molecule has 1 nitrogen and oxygen atoms in total. The van der Waals surface area contributed by atoms with Gasteiger partial charge in [0.15, 0.2) is 0 Å². The topological polar surface area (TPSA) is 26.0 Å². The monoisotopic (exact) mass is 325 g/mol. The van der Waals surface area contributed by atoms with Gasteiger partial charge in [0.2, 0.25) is 0 Å². The lowest BCUT2D eigenvalue weighted by Gasteiger charge is -2.16. The number of rotatable bonds is 4. The van der Waals surface area contributed by atoms with Crippen molar-refractivity contribution < 1.29 is 4.39 Å². The van der Waals surface area contributed by atoms with Crippen molar-refractivity contribution in [2.24, 2.45) is 5.73 Å². The van der Waals surface area contributed by atoms with Gasteiger partial charge in [0.25, 0.3) is 0 Å². The van der Waals surface area contributed by atoms with Gasteiger partial charge < -0.3 is 5.73 Å². The van der Waals surface area contributed by atoms with Crippen molar-refractivity contribution in [3.8, 4) is 0 Å². The first kappa shape index (κ1) is 13.6. The van der Waals surface area contributed by atoms with Gasteiger partial charge in [-0.05, 0) is 34.1 Å². The van der Waals surface area contributed by atoms with Gasteiger partial charge in [0.05, 0.1) is 0 Å². The van der Waals surface area contributed by atoms with Crippen LogP contribution in [0.3, 0.4) is 0 Å². The lowest BCUT2D eigenvalue weighted by molar-refractivity contribution is 0.608. The maximum atomic E-state index is 13.7. The van der Waals surface area contributed by atoms with E-state index in [1.165, 1.54) is 6.07 Å². The average Bonchev–Trinajstić information content (AvgIpc) is 2.39. The lowest BCUT2D eigenvalue weighted by atomic mass is 10.1. The number of hydrogen-bond donors (Lipinski definition) is 1. The zero-order chi connectivity index (χ0) is 13.0. The highest BCUT2D eigenvalue weighted by Crippen LogP contribution is 2.38. The molecule has 2 aromatic rings. The molecule has 2 N–H and O–H groups in total. The van der Waals surface area contributed by atoms with Gasteiger partial charge in [-0.25, -0.2) is 4.39 Å². The number of hydrogen-bond acceptors (Lipinski definition) is 2. The third kappa shape index (κ3) is 3.13. The van der Waals surface area contributed by atoms with Crippen LogP contribution < -0.4 is 5.73 Å². The normalized spacial score (nSPS) is 12.4. The van der Waals surface area contributed by atoms with E-state index < -0.39 is 0 Å². The molecule has 0 heterocycles.